The second kappa shape index (κ2) is 7.38. The van der Waals surface area contributed by atoms with Crippen molar-refractivity contribution in [1.82, 2.24) is 4.90 Å². The SMILES string of the molecule is CC(C)(C)C(OC(=O)N1CCCC1)Oc1cccc([N+](=O)[O-])c1C#N. The fourth-order valence-electron chi connectivity index (χ4n) is 2.44. The fourth-order valence-corrected chi connectivity index (χ4v) is 2.44. The third kappa shape index (κ3) is 4.38. The third-order valence-corrected chi connectivity index (χ3v) is 3.83. The molecule has 1 amide bonds. The van der Waals surface area contributed by atoms with Gasteiger partial charge < -0.3 is 14.4 Å². The van der Waals surface area contributed by atoms with Gasteiger partial charge in [-0.05, 0) is 18.9 Å². The highest BCUT2D eigenvalue weighted by Gasteiger charge is 2.34. The molecule has 1 heterocycles. The number of likely N-dealkylation sites (tertiary alicyclic amines) is 1. The molecule has 0 aromatic heterocycles. The van der Waals surface area contributed by atoms with E-state index in [0.29, 0.717) is 13.1 Å². The van der Waals surface area contributed by atoms with Gasteiger partial charge in [0.25, 0.3) is 12.0 Å². The van der Waals surface area contributed by atoms with Crippen molar-refractivity contribution in [3.05, 3.63) is 33.9 Å². The number of nitro groups is 1. The largest absolute Gasteiger partial charge is 0.452 e. The molecule has 1 unspecified atom stereocenters. The predicted octanol–water partition coefficient (Wildman–Crippen LogP) is 3.45. The van der Waals surface area contributed by atoms with Gasteiger partial charge in [0.2, 0.25) is 0 Å². The Kier molecular flexibility index (Phi) is 5.47. The summed E-state index contributed by atoms with van der Waals surface area (Å²) < 4.78 is 11.2. The maximum atomic E-state index is 12.3. The van der Waals surface area contributed by atoms with Crippen LogP contribution in [0.1, 0.15) is 39.2 Å². The van der Waals surface area contributed by atoms with Crippen molar-refractivity contribution in [2.24, 2.45) is 5.41 Å². The Morgan fingerprint density at radius 1 is 1.36 bits per heavy atom. The number of rotatable bonds is 4. The van der Waals surface area contributed by atoms with Gasteiger partial charge in [0, 0.05) is 24.6 Å². The van der Waals surface area contributed by atoms with Crippen LogP contribution in [0.3, 0.4) is 0 Å². The minimum absolute atomic E-state index is 0.0193. The quantitative estimate of drug-likeness (QED) is 0.469. The van der Waals surface area contributed by atoms with E-state index in [-0.39, 0.29) is 17.0 Å². The van der Waals surface area contributed by atoms with E-state index in [4.69, 9.17) is 9.47 Å². The highest BCUT2D eigenvalue weighted by Crippen LogP contribution is 2.32. The summed E-state index contributed by atoms with van der Waals surface area (Å²) in [7, 11) is 0. The molecule has 0 radical (unpaired) electrons. The molecule has 1 atom stereocenters. The Bertz CT molecular complexity index is 699. The van der Waals surface area contributed by atoms with Crippen molar-refractivity contribution in [2.75, 3.05) is 13.1 Å². The number of amides is 1. The van der Waals surface area contributed by atoms with E-state index in [1.54, 1.807) is 11.0 Å². The average molecular weight is 347 g/mol. The van der Waals surface area contributed by atoms with Crippen LogP contribution in [0.2, 0.25) is 0 Å². The average Bonchev–Trinajstić information content (AvgIpc) is 3.07. The highest BCUT2D eigenvalue weighted by molar-refractivity contribution is 5.68. The number of nitro benzene ring substituents is 1. The molecule has 1 aliphatic heterocycles. The molecule has 0 bridgehead atoms. The lowest BCUT2D eigenvalue weighted by Crippen LogP contribution is -2.41. The van der Waals surface area contributed by atoms with Gasteiger partial charge in [0.15, 0.2) is 5.56 Å². The van der Waals surface area contributed by atoms with Crippen LogP contribution >= 0.6 is 0 Å². The van der Waals surface area contributed by atoms with Crippen LogP contribution in [0, 0.1) is 26.9 Å². The summed E-state index contributed by atoms with van der Waals surface area (Å²) >= 11 is 0. The van der Waals surface area contributed by atoms with Gasteiger partial charge in [-0.25, -0.2) is 4.79 Å². The van der Waals surface area contributed by atoms with E-state index in [0.717, 1.165) is 12.8 Å². The van der Waals surface area contributed by atoms with Crippen molar-refractivity contribution < 1.29 is 19.2 Å². The predicted molar refractivity (Wildman–Crippen MR) is 89.0 cm³/mol. The van der Waals surface area contributed by atoms with E-state index in [9.17, 15) is 20.2 Å². The van der Waals surface area contributed by atoms with Gasteiger partial charge in [-0.15, -0.1) is 0 Å². The summed E-state index contributed by atoms with van der Waals surface area (Å²) in [5, 5.41) is 20.3. The van der Waals surface area contributed by atoms with Gasteiger partial charge >= 0.3 is 6.09 Å². The number of nitrogens with zero attached hydrogens (tertiary/aromatic N) is 3. The summed E-state index contributed by atoms with van der Waals surface area (Å²) in [6, 6.07) is 5.90. The van der Waals surface area contributed by atoms with Crippen LogP contribution in [0.4, 0.5) is 10.5 Å². The maximum absolute atomic E-state index is 12.3. The molecule has 1 aromatic rings. The second-order valence-corrected chi connectivity index (χ2v) is 6.91. The van der Waals surface area contributed by atoms with Gasteiger partial charge in [0.1, 0.15) is 11.8 Å². The zero-order chi connectivity index (χ0) is 18.6. The monoisotopic (exact) mass is 347 g/mol. The van der Waals surface area contributed by atoms with Crippen LogP contribution < -0.4 is 4.74 Å². The van der Waals surface area contributed by atoms with E-state index in [1.165, 1.54) is 18.2 Å². The molecule has 1 aliphatic rings. The number of hydrogen-bond acceptors (Lipinski definition) is 6. The van der Waals surface area contributed by atoms with Gasteiger partial charge in [-0.1, -0.05) is 26.8 Å². The Labute approximate surface area is 146 Å². The summed E-state index contributed by atoms with van der Waals surface area (Å²) in [5.74, 6) is 0.0193. The molecule has 25 heavy (non-hydrogen) atoms. The standard InChI is InChI=1S/C17H21N3O5/c1-17(2,3)15(25-16(21)19-9-4-5-10-19)24-14-8-6-7-13(20(22)23)12(14)11-18/h6-8,15H,4-5,9-10H2,1-3H3. The number of hydrogen-bond donors (Lipinski definition) is 0. The van der Waals surface area contributed by atoms with Crippen molar-refractivity contribution in [2.45, 2.75) is 39.9 Å². The third-order valence-electron chi connectivity index (χ3n) is 3.83. The Balaban J connectivity index is 2.26. The molecule has 0 saturated carbocycles. The smallest absolute Gasteiger partial charge is 0.412 e. The molecule has 8 heteroatoms. The molecule has 0 N–H and O–H groups in total. The summed E-state index contributed by atoms with van der Waals surface area (Å²) in [6.07, 6.45) is 0.384. The first-order chi connectivity index (χ1) is 11.7. The van der Waals surface area contributed by atoms with Crippen LogP contribution in [0.25, 0.3) is 0 Å². The van der Waals surface area contributed by atoms with Crippen LogP contribution in [0.5, 0.6) is 5.75 Å². The summed E-state index contributed by atoms with van der Waals surface area (Å²) in [5.41, 5.74) is -1.13. The number of nitriles is 1. The van der Waals surface area contributed by atoms with Gasteiger partial charge in [-0.2, -0.15) is 5.26 Å². The van der Waals surface area contributed by atoms with Crippen LogP contribution in [0.15, 0.2) is 18.2 Å². The lowest BCUT2D eigenvalue weighted by atomic mass is 9.96. The first-order valence-electron chi connectivity index (χ1n) is 8.03. The first kappa shape index (κ1) is 18.5. The lowest BCUT2D eigenvalue weighted by molar-refractivity contribution is -0.385. The highest BCUT2D eigenvalue weighted by atomic mass is 16.7. The molecule has 1 saturated heterocycles. The molecule has 8 nitrogen and oxygen atoms in total. The molecule has 2 rings (SSSR count). The van der Waals surface area contributed by atoms with E-state index < -0.39 is 22.7 Å². The van der Waals surface area contributed by atoms with E-state index >= 15 is 0 Å². The number of carbonyl (C=O) groups is 1. The van der Waals surface area contributed by atoms with Crippen molar-refractivity contribution in [1.29, 1.82) is 5.26 Å². The maximum Gasteiger partial charge on any atom is 0.412 e. The summed E-state index contributed by atoms with van der Waals surface area (Å²) in [4.78, 5) is 24.3. The molecule has 1 aromatic carbocycles. The fraction of sp³-hybridized carbons (Fsp3) is 0.529. The van der Waals surface area contributed by atoms with E-state index in [2.05, 4.69) is 0 Å². The van der Waals surface area contributed by atoms with Crippen LogP contribution in [-0.4, -0.2) is 35.3 Å². The zero-order valence-corrected chi connectivity index (χ0v) is 14.5. The van der Waals surface area contributed by atoms with Crippen molar-refractivity contribution in [3.8, 4) is 11.8 Å². The van der Waals surface area contributed by atoms with Gasteiger partial charge in [-0.3, -0.25) is 10.1 Å². The van der Waals surface area contributed by atoms with E-state index in [1.807, 2.05) is 20.8 Å². The molecule has 1 fully saturated rings. The molecule has 0 aliphatic carbocycles. The summed E-state index contributed by atoms with van der Waals surface area (Å²) in [6.45, 7) is 6.72. The number of benzene rings is 1. The van der Waals surface area contributed by atoms with Crippen molar-refractivity contribution in [3.63, 3.8) is 0 Å². The molecule has 0 spiro atoms. The van der Waals surface area contributed by atoms with Crippen LogP contribution in [-0.2, 0) is 4.74 Å². The normalized spacial score (nSPS) is 15.4. The Hall–Kier alpha value is -2.82. The Morgan fingerprint density at radius 2 is 2.00 bits per heavy atom. The number of carbonyl (C=O) groups excluding carboxylic acids is 1. The molecule has 134 valence electrons. The lowest BCUT2D eigenvalue weighted by Gasteiger charge is -2.31. The molecular weight excluding hydrogens is 326 g/mol. The van der Waals surface area contributed by atoms with Crippen molar-refractivity contribution >= 4 is 11.8 Å². The minimum atomic E-state index is -0.991. The first-order valence-corrected chi connectivity index (χ1v) is 8.03. The second-order valence-electron chi connectivity index (χ2n) is 6.91. The van der Waals surface area contributed by atoms with Gasteiger partial charge in [0.05, 0.1) is 4.92 Å². The topological polar surface area (TPSA) is 106 Å². The Morgan fingerprint density at radius 3 is 2.52 bits per heavy atom. The zero-order valence-electron chi connectivity index (χ0n) is 14.5. The molecular formula is C17H21N3O5. The number of ether oxygens (including phenoxy) is 2. The minimum Gasteiger partial charge on any atom is -0.452 e.